The molecule has 10 nitrogen and oxygen atoms in total. The number of hydrogen-bond donors (Lipinski definition) is 1. The molecule has 188 valence electrons. The van der Waals surface area contributed by atoms with E-state index in [1.807, 2.05) is 12.1 Å². The van der Waals surface area contributed by atoms with Gasteiger partial charge >= 0.3 is 0 Å². The Morgan fingerprint density at radius 3 is 2.72 bits per heavy atom. The molecule has 36 heavy (non-hydrogen) atoms. The number of nitrogens with one attached hydrogen (secondary N) is 1. The van der Waals surface area contributed by atoms with E-state index in [-0.39, 0.29) is 30.5 Å². The molecule has 1 N–H and O–H groups in total. The molecule has 11 heteroatoms. The van der Waals surface area contributed by atoms with Crippen LogP contribution in [0.25, 0.3) is 0 Å². The van der Waals surface area contributed by atoms with Gasteiger partial charge in [-0.25, -0.2) is 8.42 Å². The second kappa shape index (κ2) is 11.3. The first-order valence-corrected chi connectivity index (χ1v) is 13.0. The third-order valence-electron chi connectivity index (χ3n) is 5.87. The van der Waals surface area contributed by atoms with Crippen molar-refractivity contribution in [3.05, 3.63) is 93.8 Å². The number of rotatable bonds is 11. The molecule has 1 aromatic heterocycles. The summed E-state index contributed by atoms with van der Waals surface area (Å²) in [5.74, 6) is 0.499. The normalized spacial score (nSPS) is 13.2. The number of nitro benzene ring substituents is 1. The van der Waals surface area contributed by atoms with Gasteiger partial charge in [0.15, 0.2) is 4.90 Å². The van der Waals surface area contributed by atoms with Crippen LogP contribution in [0.15, 0.2) is 71.9 Å². The SMILES string of the molecule is O=C1NCCc2cc(OCCCN(CCc3cccnc3)S(=O)(=O)c3ccccc3[N+](=O)[O-])ccc21. The number of hydrogen-bond acceptors (Lipinski definition) is 7. The minimum absolute atomic E-state index is 0.104. The summed E-state index contributed by atoms with van der Waals surface area (Å²) in [6, 6.07) is 14.2. The van der Waals surface area contributed by atoms with Crippen LogP contribution in [0.5, 0.6) is 5.75 Å². The molecule has 1 amide bonds. The van der Waals surface area contributed by atoms with Crippen LogP contribution in [0.3, 0.4) is 0 Å². The van der Waals surface area contributed by atoms with E-state index in [9.17, 15) is 23.3 Å². The maximum atomic E-state index is 13.5. The number of ether oxygens (including phenoxy) is 1. The Morgan fingerprint density at radius 2 is 1.94 bits per heavy atom. The van der Waals surface area contributed by atoms with Crippen LogP contribution >= 0.6 is 0 Å². The number of nitro groups is 1. The largest absolute Gasteiger partial charge is 0.494 e. The average molecular weight is 511 g/mol. The highest BCUT2D eigenvalue weighted by Crippen LogP contribution is 2.27. The van der Waals surface area contributed by atoms with Crippen molar-refractivity contribution in [2.75, 3.05) is 26.2 Å². The molecule has 0 saturated carbocycles. The van der Waals surface area contributed by atoms with E-state index in [1.165, 1.54) is 28.6 Å². The fourth-order valence-corrected chi connectivity index (χ4v) is 5.68. The van der Waals surface area contributed by atoms with Gasteiger partial charge in [0, 0.05) is 43.7 Å². The van der Waals surface area contributed by atoms with Crippen LogP contribution in [0, 0.1) is 10.1 Å². The van der Waals surface area contributed by atoms with Gasteiger partial charge in [-0.2, -0.15) is 4.31 Å². The number of benzene rings is 2. The Bertz CT molecular complexity index is 1350. The van der Waals surface area contributed by atoms with Crippen molar-refractivity contribution >= 4 is 21.6 Å². The third kappa shape index (κ3) is 5.86. The predicted octanol–water partition coefficient (Wildman–Crippen LogP) is 2.98. The number of pyridine rings is 1. The van der Waals surface area contributed by atoms with Gasteiger partial charge in [-0.05, 0) is 60.7 Å². The molecule has 0 atom stereocenters. The van der Waals surface area contributed by atoms with E-state index in [0.717, 1.165) is 11.1 Å². The quantitative estimate of drug-likeness (QED) is 0.238. The molecule has 3 aromatic rings. The van der Waals surface area contributed by atoms with Crippen molar-refractivity contribution in [2.45, 2.75) is 24.2 Å². The molecule has 4 rings (SSSR count). The molecule has 0 radical (unpaired) electrons. The van der Waals surface area contributed by atoms with Crippen molar-refractivity contribution in [1.29, 1.82) is 0 Å². The first-order chi connectivity index (χ1) is 17.4. The van der Waals surface area contributed by atoms with E-state index in [1.54, 1.807) is 30.6 Å². The van der Waals surface area contributed by atoms with Crippen LogP contribution in [-0.2, 0) is 22.9 Å². The van der Waals surface area contributed by atoms with E-state index in [2.05, 4.69) is 10.3 Å². The zero-order valence-corrected chi connectivity index (χ0v) is 20.3. The maximum absolute atomic E-state index is 13.5. The summed E-state index contributed by atoms with van der Waals surface area (Å²) in [5, 5.41) is 14.3. The molecule has 0 spiro atoms. The number of fused-ring (bicyclic) bond motifs is 1. The number of amides is 1. The lowest BCUT2D eigenvalue weighted by Crippen LogP contribution is -2.35. The van der Waals surface area contributed by atoms with E-state index in [0.29, 0.717) is 37.1 Å². The van der Waals surface area contributed by atoms with Crippen molar-refractivity contribution in [3.63, 3.8) is 0 Å². The van der Waals surface area contributed by atoms with Gasteiger partial charge in [-0.15, -0.1) is 0 Å². The predicted molar refractivity (Wildman–Crippen MR) is 132 cm³/mol. The van der Waals surface area contributed by atoms with Crippen molar-refractivity contribution in [3.8, 4) is 5.75 Å². The average Bonchev–Trinajstić information content (AvgIpc) is 2.88. The van der Waals surface area contributed by atoms with Crippen LogP contribution in [0.4, 0.5) is 5.69 Å². The number of aromatic nitrogens is 1. The summed E-state index contributed by atoms with van der Waals surface area (Å²) in [5.41, 5.74) is 1.94. The van der Waals surface area contributed by atoms with Crippen molar-refractivity contribution < 1.29 is 22.9 Å². The molecule has 1 aliphatic rings. The summed E-state index contributed by atoms with van der Waals surface area (Å²) in [6.45, 7) is 1.06. The fourth-order valence-electron chi connectivity index (χ4n) is 4.04. The number of carbonyl (C=O) groups excluding carboxylic acids is 1. The number of nitrogens with zero attached hydrogens (tertiary/aromatic N) is 3. The smallest absolute Gasteiger partial charge is 0.289 e. The topological polar surface area (TPSA) is 132 Å². The molecule has 2 aromatic carbocycles. The van der Waals surface area contributed by atoms with Gasteiger partial charge in [-0.3, -0.25) is 19.9 Å². The summed E-state index contributed by atoms with van der Waals surface area (Å²) < 4.78 is 34.0. The highest BCUT2D eigenvalue weighted by Gasteiger charge is 2.31. The van der Waals surface area contributed by atoms with E-state index < -0.39 is 20.6 Å². The zero-order chi connectivity index (χ0) is 25.5. The molecular formula is C25H26N4O6S. The van der Waals surface area contributed by atoms with E-state index >= 15 is 0 Å². The summed E-state index contributed by atoms with van der Waals surface area (Å²) in [7, 11) is -4.14. The Kier molecular flexibility index (Phi) is 7.91. The molecular weight excluding hydrogens is 484 g/mol. The zero-order valence-electron chi connectivity index (χ0n) is 19.5. The molecule has 0 unspecified atom stereocenters. The number of para-hydroxylation sites is 1. The summed E-state index contributed by atoms with van der Waals surface area (Å²) in [4.78, 5) is 26.4. The van der Waals surface area contributed by atoms with Crippen LogP contribution in [0.1, 0.15) is 27.9 Å². The van der Waals surface area contributed by atoms with E-state index in [4.69, 9.17) is 4.74 Å². The minimum Gasteiger partial charge on any atom is -0.494 e. The first-order valence-electron chi connectivity index (χ1n) is 11.5. The van der Waals surface area contributed by atoms with Gasteiger partial charge < -0.3 is 10.1 Å². The van der Waals surface area contributed by atoms with Gasteiger partial charge in [0.2, 0.25) is 10.0 Å². The summed E-state index contributed by atoms with van der Waals surface area (Å²) in [6.07, 6.45) is 4.78. The van der Waals surface area contributed by atoms with Crippen LogP contribution in [-0.4, -0.2) is 54.8 Å². The Balaban J connectivity index is 1.46. The van der Waals surface area contributed by atoms with Gasteiger partial charge in [-0.1, -0.05) is 18.2 Å². The van der Waals surface area contributed by atoms with Crippen LogP contribution in [0.2, 0.25) is 0 Å². The Hall–Kier alpha value is -3.83. The number of sulfonamides is 1. The second-order valence-corrected chi connectivity index (χ2v) is 10.2. The lowest BCUT2D eigenvalue weighted by Gasteiger charge is -2.22. The Morgan fingerprint density at radius 1 is 1.11 bits per heavy atom. The highest BCUT2D eigenvalue weighted by molar-refractivity contribution is 7.89. The standard InChI is InChI=1S/C25H26N4O6S/c30-25-22-9-8-21(17-20(22)10-13-27-25)35-16-4-14-28(15-11-19-5-3-12-26-18-19)36(33,34)24-7-2-1-6-23(24)29(31)32/h1-3,5-9,12,17-18H,4,10-11,13-16H2,(H,27,30). The van der Waals surface area contributed by atoms with Crippen LogP contribution < -0.4 is 10.1 Å². The monoisotopic (exact) mass is 510 g/mol. The van der Waals surface area contributed by atoms with Gasteiger partial charge in [0.05, 0.1) is 11.5 Å². The van der Waals surface area contributed by atoms with Gasteiger partial charge in [0.1, 0.15) is 5.75 Å². The molecule has 2 heterocycles. The second-order valence-electron chi connectivity index (χ2n) is 8.27. The molecule has 0 aliphatic carbocycles. The molecule has 0 bridgehead atoms. The lowest BCUT2D eigenvalue weighted by atomic mass is 10.0. The Labute approximate surface area is 209 Å². The number of carbonyl (C=O) groups is 1. The molecule has 0 saturated heterocycles. The lowest BCUT2D eigenvalue weighted by molar-refractivity contribution is -0.387. The maximum Gasteiger partial charge on any atom is 0.289 e. The summed E-state index contributed by atoms with van der Waals surface area (Å²) >= 11 is 0. The third-order valence-corrected chi connectivity index (χ3v) is 7.82. The fraction of sp³-hybridized carbons (Fsp3) is 0.280. The van der Waals surface area contributed by atoms with Crippen molar-refractivity contribution in [2.24, 2.45) is 0 Å². The molecule has 0 fully saturated rings. The highest BCUT2D eigenvalue weighted by atomic mass is 32.2. The molecule has 1 aliphatic heterocycles. The van der Waals surface area contributed by atoms with Gasteiger partial charge in [0.25, 0.3) is 11.6 Å². The van der Waals surface area contributed by atoms with Crippen molar-refractivity contribution in [1.82, 2.24) is 14.6 Å². The minimum atomic E-state index is -4.14. The first kappa shape index (κ1) is 25.3.